The third-order valence-corrected chi connectivity index (χ3v) is 8.98. The molecule has 2 aromatic rings. The molecule has 9 heteroatoms. The number of aromatic amines is 1. The number of benzene rings is 1. The molecule has 2 aliphatic rings. The van der Waals surface area contributed by atoms with Crippen LogP contribution in [0.25, 0.3) is 0 Å². The number of aryl methyl sites for hydroxylation is 3. The number of carbonyl (C=O) groups excluding carboxylic acids is 2. The summed E-state index contributed by atoms with van der Waals surface area (Å²) in [5.41, 5.74) is 3.42. The van der Waals surface area contributed by atoms with Crippen molar-refractivity contribution in [3.05, 3.63) is 52.3 Å². The van der Waals surface area contributed by atoms with E-state index in [1.165, 1.54) is 15.4 Å². The van der Waals surface area contributed by atoms with Crippen LogP contribution in [0, 0.1) is 19.8 Å². The lowest BCUT2D eigenvalue weighted by Gasteiger charge is -2.33. The Morgan fingerprint density at radius 1 is 1.12 bits per heavy atom. The fourth-order valence-electron chi connectivity index (χ4n) is 5.21. The molecule has 1 amide bonds. The van der Waals surface area contributed by atoms with E-state index in [9.17, 15) is 18.0 Å². The average molecular weight is 488 g/mol. The molecule has 8 nitrogen and oxygen atoms in total. The van der Waals surface area contributed by atoms with E-state index in [1.807, 2.05) is 12.1 Å². The molecule has 2 heterocycles. The van der Waals surface area contributed by atoms with Gasteiger partial charge in [0.2, 0.25) is 15.9 Å². The third-order valence-electron chi connectivity index (χ3n) is 6.91. The van der Waals surface area contributed by atoms with Gasteiger partial charge < -0.3 is 15.0 Å². The van der Waals surface area contributed by atoms with Gasteiger partial charge in [0.1, 0.15) is 10.5 Å². The smallest absolute Gasteiger partial charge is 0.341 e. The normalized spacial score (nSPS) is 19.4. The molecule has 0 radical (unpaired) electrons. The van der Waals surface area contributed by atoms with E-state index in [2.05, 4.69) is 22.4 Å². The Morgan fingerprint density at radius 3 is 2.53 bits per heavy atom. The highest BCUT2D eigenvalue weighted by atomic mass is 32.2. The van der Waals surface area contributed by atoms with Crippen molar-refractivity contribution < 1.29 is 22.7 Å². The van der Waals surface area contributed by atoms with Crippen molar-refractivity contribution >= 4 is 21.9 Å². The molecule has 34 heavy (non-hydrogen) atoms. The number of hydrogen-bond donors (Lipinski definition) is 2. The topological polar surface area (TPSA) is 109 Å². The second kappa shape index (κ2) is 9.92. The van der Waals surface area contributed by atoms with E-state index in [4.69, 9.17) is 4.74 Å². The highest BCUT2D eigenvalue weighted by molar-refractivity contribution is 7.89. The summed E-state index contributed by atoms with van der Waals surface area (Å²) in [6.07, 6.45) is 3.87. The predicted octanol–water partition coefficient (Wildman–Crippen LogP) is 3.40. The maximum atomic E-state index is 13.5. The van der Waals surface area contributed by atoms with Crippen LogP contribution in [0.2, 0.25) is 0 Å². The molecule has 2 N–H and O–H groups in total. The zero-order valence-corrected chi connectivity index (χ0v) is 20.8. The highest BCUT2D eigenvalue weighted by Crippen LogP contribution is 2.32. The summed E-state index contributed by atoms with van der Waals surface area (Å²) in [5, 5.41) is 3.21. The van der Waals surface area contributed by atoms with Crippen molar-refractivity contribution in [1.82, 2.24) is 14.6 Å². The summed E-state index contributed by atoms with van der Waals surface area (Å²) in [5.74, 6) is -0.899. The minimum Gasteiger partial charge on any atom is -0.462 e. The van der Waals surface area contributed by atoms with Crippen LogP contribution >= 0.6 is 0 Å². The summed E-state index contributed by atoms with van der Waals surface area (Å²) in [7, 11) is -3.91. The maximum absolute atomic E-state index is 13.5. The molecule has 1 aliphatic carbocycles. The van der Waals surface area contributed by atoms with Gasteiger partial charge in [0.15, 0.2) is 0 Å². The zero-order valence-electron chi connectivity index (χ0n) is 20.0. The van der Waals surface area contributed by atoms with Gasteiger partial charge in [-0.05, 0) is 64.0 Å². The second-order valence-corrected chi connectivity index (χ2v) is 11.0. The molecule has 4 rings (SSSR count). The largest absolute Gasteiger partial charge is 0.462 e. The fraction of sp³-hybridized carbons (Fsp3) is 0.520. The fourth-order valence-corrected chi connectivity index (χ4v) is 7.09. The quantitative estimate of drug-likeness (QED) is 0.607. The van der Waals surface area contributed by atoms with Gasteiger partial charge in [-0.3, -0.25) is 4.79 Å². The van der Waals surface area contributed by atoms with Crippen LogP contribution < -0.4 is 5.32 Å². The van der Waals surface area contributed by atoms with Gasteiger partial charge in [-0.15, -0.1) is 0 Å². The molecule has 1 aromatic carbocycles. The summed E-state index contributed by atoms with van der Waals surface area (Å²) in [4.78, 5) is 28.4. The summed E-state index contributed by atoms with van der Waals surface area (Å²) < 4.78 is 33.4. The zero-order chi connectivity index (χ0) is 24.5. The Bertz CT molecular complexity index is 1180. The molecule has 1 aromatic heterocycles. The highest BCUT2D eigenvalue weighted by Gasteiger charge is 2.37. The number of fused-ring (bicyclic) bond motifs is 1. The number of sulfonamides is 1. The van der Waals surface area contributed by atoms with Crippen molar-refractivity contribution in [3.8, 4) is 0 Å². The molecule has 0 bridgehead atoms. The minimum atomic E-state index is -3.91. The predicted molar refractivity (Wildman–Crippen MR) is 128 cm³/mol. The third kappa shape index (κ3) is 4.63. The van der Waals surface area contributed by atoms with E-state index in [-0.39, 0.29) is 48.0 Å². The number of nitrogens with zero attached hydrogens (tertiary/aromatic N) is 1. The van der Waals surface area contributed by atoms with Crippen molar-refractivity contribution in [3.63, 3.8) is 0 Å². The first-order valence-electron chi connectivity index (χ1n) is 12.0. The van der Waals surface area contributed by atoms with E-state index in [1.54, 1.807) is 20.8 Å². The van der Waals surface area contributed by atoms with E-state index < -0.39 is 16.0 Å². The standard InChI is InChI=1S/C25H33N3O5S/c1-4-33-25(30)22-16(2)26-17(3)23(22)34(31,32)28-14-12-19(13-15-28)24(29)27-21-11-7-9-18-8-5-6-10-20(18)21/h5-6,8,10,19,21,26H,4,7,9,11-15H2,1-3H3,(H,27,29)/t21-/m1/s1. The number of carbonyl (C=O) groups is 2. The summed E-state index contributed by atoms with van der Waals surface area (Å²) >= 11 is 0. The number of amides is 1. The lowest BCUT2D eigenvalue weighted by Crippen LogP contribution is -2.44. The van der Waals surface area contributed by atoms with Gasteiger partial charge in [-0.2, -0.15) is 4.31 Å². The number of H-pyrrole nitrogens is 1. The molecule has 1 saturated heterocycles. The number of rotatable bonds is 6. The van der Waals surface area contributed by atoms with Crippen molar-refractivity contribution in [2.24, 2.45) is 5.92 Å². The first kappa shape index (κ1) is 24.5. The van der Waals surface area contributed by atoms with Gasteiger partial charge in [0.25, 0.3) is 0 Å². The summed E-state index contributed by atoms with van der Waals surface area (Å²) in [6, 6.07) is 8.24. The lowest BCUT2D eigenvalue weighted by atomic mass is 9.87. The van der Waals surface area contributed by atoms with Gasteiger partial charge >= 0.3 is 5.97 Å². The number of ether oxygens (including phenoxy) is 1. The van der Waals surface area contributed by atoms with Crippen LogP contribution in [-0.2, 0) is 26.0 Å². The van der Waals surface area contributed by atoms with Gasteiger partial charge in [-0.1, -0.05) is 24.3 Å². The minimum absolute atomic E-state index is 0.0110. The molecule has 1 atom stereocenters. The Morgan fingerprint density at radius 2 is 1.82 bits per heavy atom. The Kier molecular flexibility index (Phi) is 7.14. The second-order valence-electron chi connectivity index (χ2n) is 9.13. The molecule has 0 saturated carbocycles. The maximum Gasteiger partial charge on any atom is 0.341 e. The SMILES string of the molecule is CCOC(=O)c1c(C)[nH]c(C)c1S(=O)(=O)N1CCC(C(=O)N[C@@H]2CCCc3ccccc32)CC1. The van der Waals surface area contributed by atoms with Crippen LogP contribution in [0.5, 0.6) is 0 Å². The van der Waals surface area contributed by atoms with E-state index in [0.29, 0.717) is 24.2 Å². The Balaban J connectivity index is 1.44. The van der Waals surface area contributed by atoms with Crippen molar-refractivity contribution in [1.29, 1.82) is 0 Å². The van der Waals surface area contributed by atoms with E-state index in [0.717, 1.165) is 19.3 Å². The van der Waals surface area contributed by atoms with E-state index >= 15 is 0 Å². The molecule has 0 spiro atoms. The monoisotopic (exact) mass is 487 g/mol. The first-order chi connectivity index (χ1) is 16.2. The number of piperidine rings is 1. The Hall–Kier alpha value is -2.65. The van der Waals surface area contributed by atoms with Crippen LogP contribution in [0.4, 0.5) is 0 Å². The van der Waals surface area contributed by atoms with Gasteiger partial charge in [-0.25, -0.2) is 13.2 Å². The lowest BCUT2D eigenvalue weighted by molar-refractivity contribution is -0.127. The Labute approximate surface area is 201 Å². The summed E-state index contributed by atoms with van der Waals surface area (Å²) in [6.45, 7) is 5.61. The van der Waals surface area contributed by atoms with Gasteiger partial charge in [0, 0.05) is 30.4 Å². The molecule has 184 valence electrons. The van der Waals surface area contributed by atoms with Gasteiger partial charge in [0.05, 0.1) is 12.6 Å². The average Bonchev–Trinajstić information content (AvgIpc) is 3.14. The molecule has 1 fully saturated rings. The molecular formula is C25H33N3O5S. The number of nitrogens with one attached hydrogen (secondary N) is 2. The van der Waals surface area contributed by atoms with Crippen LogP contribution in [0.3, 0.4) is 0 Å². The molecular weight excluding hydrogens is 454 g/mol. The van der Waals surface area contributed by atoms with Crippen molar-refractivity contribution in [2.45, 2.75) is 63.8 Å². The number of esters is 1. The molecule has 1 aliphatic heterocycles. The van der Waals surface area contributed by atoms with Crippen LogP contribution in [0.1, 0.15) is 71.5 Å². The first-order valence-corrected chi connectivity index (χ1v) is 13.4. The van der Waals surface area contributed by atoms with Crippen LogP contribution in [-0.4, -0.2) is 49.3 Å². The number of hydrogen-bond acceptors (Lipinski definition) is 5. The van der Waals surface area contributed by atoms with Crippen molar-refractivity contribution in [2.75, 3.05) is 19.7 Å². The molecule has 0 unspecified atom stereocenters. The number of aromatic nitrogens is 1. The van der Waals surface area contributed by atoms with Crippen LogP contribution in [0.15, 0.2) is 29.2 Å².